The van der Waals surface area contributed by atoms with Crippen molar-refractivity contribution in [1.82, 2.24) is 0 Å². The molecule has 0 amide bonds. The zero-order valence-electron chi connectivity index (χ0n) is 7.80. The highest BCUT2D eigenvalue weighted by Crippen LogP contribution is 2.04. The van der Waals surface area contributed by atoms with Crippen molar-refractivity contribution in [2.45, 2.75) is 45.2 Å². The number of carbonyl (C=O) groups is 1. The summed E-state index contributed by atoms with van der Waals surface area (Å²) in [6.07, 6.45) is -2.92. The summed E-state index contributed by atoms with van der Waals surface area (Å²) in [5, 5.41) is 26.9. The maximum absolute atomic E-state index is 10.7. The Morgan fingerprint density at radius 1 is 1.38 bits per heavy atom. The van der Waals surface area contributed by atoms with Crippen LogP contribution in [0.4, 0.5) is 0 Å². The van der Waals surface area contributed by atoms with Crippen molar-refractivity contribution in [3.8, 4) is 0 Å². The van der Waals surface area contributed by atoms with Crippen LogP contribution in [-0.4, -0.2) is 39.8 Å². The first-order valence-corrected chi connectivity index (χ1v) is 4.23. The Kier molecular flexibility index (Phi) is 5.61. The van der Waals surface area contributed by atoms with Crippen LogP contribution < -0.4 is 0 Å². The van der Waals surface area contributed by atoms with Crippen LogP contribution in [0.15, 0.2) is 0 Å². The van der Waals surface area contributed by atoms with Gasteiger partial charge in [0.25, 0.3) is 0 Å². The molecule has 0 aromatic carbocycles. The number of aliphatic hydroxyl groups excluding tert-OH is 3. The van der Waals surface area contributed by atoms with E-state index >= 15 is 0 Å². The highest BCUT2D eigenvalue weighted by atomic mass is 16.7. The molecule has 0 rings (SSSR count). The number of esters is 1. The molecule has 3 N–H and O–H groups in total. The molecule has 0 aromatic rings. The summed E-state index contributed by atoms with van der Waals surface area (Å²) < 4.78 is 4.34. The van der Waals surface area contributed by atoms with Crippen LogP contribution in [0.2, 0.25) is 0 Å². The monoisotopic (exact) mass is 192 g/mol. The van der Waals surface area contributed by atoms with Gasteiger partial charge in [0.05, 0.1) is 0 Å². The van der Waals surface area contributed by atoms with E-state index in [4.69, 9.17) is 15.3 Å². The molecular formula is C8H16O5. The molecule has 3 atom stereocenters. The normalized spacial score (nSPS) is 17.6. The third kappa shape index (κ3) is 4.82. The van der Waals surface area contributed by atoms with Crippen molar-refractivity contribution in [2.24, 2.45) is 0 Å². The maximum Gasteiger partial charge on any atom is 0.337 e. The molecule has 0 spiro atoms. The smallest absolute Gasteiger partial charge is 0.337 e. The van der Waals surface area contributed by atoms with Gasteiger partial charge in [-0.15, -0.1) is 0 Å². The quantitative estimate of drug-likeness (QED) is 0.399. The minimum absolute atomic E-state index is 0.342. The van der Waals surface area contributed by atoms with Crippen molar-refractivity contribution < 1.29 is 24.9 Å². The average Bonchev–Trinajstić information content (AvgIpc) is 2.04. The van der Waals surface area contributed by atoms with Gasteiger partial charge in [0.2, 0.25) is 6.29 Å². The third-order valence-corrected chi connectivity index (χ3v) is 1.49. The summed E-state index contributed by atoms with van der Waals surface area (Å²) in [4.78, 5) is 10.7. The molecule has 0 aliphatic carbocycles. The SMILES string of the molecule is CCCC(O)C(O)OC(=O)C(C)O. The van der Waals surface area contributed by atoms with E-state index in [-0.39, 0.29) is 0 Å². The second-order valence-electron chi connectivity index (χ2n) is 2.86. The molecule has 0 aliphatic heterocycles. The number of aliphatic hydroxyl groups is 3. The van der Waals surface area contributed by atoms with Crippen LogP contribution in [0.1, 0.15) is 26.7 Å². The number of rotatable bonds is 5. The molecular weight excluding hydrogens is 176 g/mol. The van der Waals surface area contributed by atoms with E-state index in [1.165, 1.54) is 6.92 Å². The first-order chi connectivity index (χ1) is 5.99. The lowest BCUT2D eigenvalue weighted by atomic mass is 10.2. The lowest BCUT2D eigenvalue weighted by Crippen LogP contribution is -2.34. The van der Waals surface area contributed by atoms with E-state index in [0.29, 0.717) is 12.8 Å². The van der Waals surface area contributed by atoms with Crippen LogP contribution in [0.3, 0.4) is 0 Å². The summed E-state index contributed by atoms with van der Waals surface area (Å²) in [5.41, 5.74) is 0. The number of ether oxygens (including phenoxy) is 1. The van der Waals surface area contributed by atoms with E-state index in [2.05, 4.69) is 4.74 Å². The van der Waals surface area contributed by atoms with Gasteiger partial charge in [0.1, 0.15) is 12.2 Å². The minimum atomic E-state index is -1.55. The van der Waals surface area contributed by atoms with Crippen LogP contribution in [0.5, 0.6) is 0 Å². The molecule has 0 heterocycles. The molecule has 0 aromatic heterocycles. The van der Waals surface area contributed by atoms with Gasteiger partial charge in [-0.1, -0.05) is 13.3 Å². The molecule has 0 radical (unpaired) electrons. The predicted molar refractivity (Wildman–Crippen MR) is 44.7 cm³/mol. The third-order valence-electron chi connectivity index (χ3n) is 1.49. The van der Waals surface area contributed by atoms with Gasteiger partial charge in [-0.05, 0) is 13.3 Å². The highest BCUT2D eigenvalue weighted by molar-refractivity contribution is 5.73. The van der Waals surface area contributed by atoms with Crippen molar-refractivity contribution in [3.63, 3.8) is 0 Å². The Balaban J connectivity index is 3.85. The number of hydrogen-bond donors (Lipinski definition) is 3. The van der Waals surface area contributed by atoms with Gasteiger partial charge in [0, 0.05) is 0 Å². The largest absolute Gasteiger partial charge is 0.431 e. The van der Waals surface area contributed by atoms with Crippen LogP contribution in [0.25, 0.3) is 0 Å². The minimum Gasteiger partial charge on any atom is -0.431 e. The van der Waals surface area contributed by atoms with E-state index in [0.717, 1.165) is 0 Å². The molecule has 0 saturated carbocycles. The Morgan fingerprint density at radius 3 is 2.31 bits per heavy atom. The molecule has 3 unspecified atom stereocenters. The zero-order valence-corrected chi connectivity index (χ0v) is 7.80. The lowest BCUT2D eigenvalue weighted by molar-refractivity contribution is -0.194. The average molecular weight is 192 g/mol. The fourth-order valence-corrected chi connectivity index (χ4v) is 0.734. The van der Waals surface area contributed by atoms with E-state index < -0.39 is 24.5 Å². The fourth-order valence-electron chi connectivity index (χ4n) is 0.734. The Hall–Kier alpha value is -0.650. The van der Waals surface area contributed by atoms with Gasteiger partial charge >= 0.3 is 5.97 Å². The zero-order chi connectivity index (χ0) is 10.4. The highest BCUT2D eigenvalue weighted by Gasteiger charge is 2.21. The Labute approximate surface area is 77.0 Å². The summed E-state index contributed by atoms with van der Waals surface area (Å²) >= 11 is 0. The molecule has 5 heteroatoms. The standard InChI is InChI=1S/C8H16O5/c1-3-4-6(10)8(12)13-7(11)5(2)9/h5-6,8-10,12H,3-4H2,1-2H3. The van der Waals surface area contributed by atoms with Crippen molar-refractivity contribution >= 4 is 5.97 Å². The van der Waals surface area contributed by atoms with E-state index in [1.54, 1.807) is 0 Å². The van der Waals surface area contributed by atoms with Gasteiger partial charge < -0.3 is 20.1 Å². The van der Waals surface area contributed by atoms with Gasteiger partial charge in [0.15, 0.2) is 0 Å². The fraction of sp³-hybridized carbons (Fsp3) is 0.875. The summed E-state index contributed by atoms with van der Waals surface area (Å²) in [6.45, 7) is 3.05. The first kappa shape index (κ1) is 12.3. The second-order valence-corrected chi connectivity index (χ2v) is 2.86. The summed E-state index contributed by atoms with van der Waals surface area (Å²) in [6, 6.07) is 0. The van der Waals surface area contributed by atoms with Crippen molar-refractivity contribution in [2.75, 3.05) is 0 Å². The van der Waals surface area contributed by atoms with Gasteiger partial charge in [-0.3, -0.25) is 0 Å². The molecule has 5 nitrogen and oxygen atoms in total. The van der Waals surface area contributed by atoms with E-state index in [9.17, 15) is 4.79 Å². The van der Waals surface area contributed by atoms with Crippen LogP contribution in [0, 0.1) is 0 Å². The Morgan fingerprint density at radius 2 is 1.92 bits per heavy atom. The van der Waals surface area contributed by atoms with Crippen LogP contribution >= 0.6 is 0 Å². The second kappa shape index (κ2) is 5.90. The molecule has 78 valence electrons. The molecule has 0 bridgehead atoms. The summed E-state index contributed by atoms with van der Waals surface area (Å²) in [5.74, 6) is -0.942. The maximum atomic E-state index is 10.7. The number of carbonyl (C=O) groups excluding carboxylic acids is 1. The molecule has 13 heavy (non-hydrogen) atoms. The first-order valence-electron chi connectivity index (χ1n) is 4.23. The Bertz CT molecular complexity index is 157. The van der Waals surface area contributed by atoms with Crippen molar-refractivity contribution in [3.05, 3.63) is 0 Å². The predicted octanol–water partition coefficient (Wildman–Crippen LogP) is -0.610. The van der Waals surface area contributed by atoms with E-state index in [1.807, 2.05) is 6.92 Å². The summed E-state index contributed by atoms with van der Waals surface area (Å²) in [7, 11) is 0. The topological polar surface area (TPSA) is 87.0 Å². The molecule has 0 fully saturated rings. The number of hydrogen-bond acceptors (Lipinski definition) is 5. The van der Waals surface area contributed by atoms with Crippen molar-refractivity contribution in [1.29, 1.82) is 0 Å². The lowest BCUT2D eigenvalue weighted by Gasteiger charge is -2.17. The van der Waals surface area contributed by atoms with Gasteiger partial charge in [-0.25, -0.2) is 4.79 Å². The molecule has 0 saturated heterocycles. The van der Waals surface area contributed by atoms with Gasteiger partial charge in [-0.2, -0.15) is 0 Å². The van der Waals surface area contributed by atoms with Crippen LogP contribution in [-0.2, 0) is 9.53 Å². The molecule has 0 aliphatic rings.